The van der Waals surface area contributed by atoms with Gasteiger partial charge >= 0.3 is 0 Å². The Bertz CT molecular complexity index is 739. The zero-order valence-electron chi connectivity index (χ0n) is 12.9. The Hall–Kier alpha value is -1.94. The highest BCUT2D eigenvalue weighted by molar-refractivity contribution is 6.75. The largest absolute Gasteiger partial charge is 0.240 e. The molecule has 0 aliphatic rings. The van der Waals surface area contributed by atoms with Gasteiger partial charge in [-0.2, -0.15) is 0 Å². The van der Waals surface area contributed by atoms with Gasteiger partial charge < -0.3 is 0 Å². The maximum Gasteiger partial charge on any atom is 0.113 e. The Balaban J connectivity index is 1.79. The van der Waals surface area contributed by atoms with E-state index in [1.807, 2.05) is 22.9 Å². The van der Waals surface area contributed by atoms with Crippen molar-refractivity contribution in [3.63, 3.8) is 0 Å². The molecule has 3 aromatic rings. The molecule has 2 aromatic carbocycles. The highest BCUT2D eigenvalue weighted by atomic mass is 28.3. The van der Waals surface area contributed by atoms with E-state index in [4.69, 9.17) is 0 Å². The van der Waals surface area contributed by atoms with Crippen LogP contribution in [0.2, 0.25) is 19.6 Å². The van der Waals surface area contributed by atoms with Gasteiger partial charge in [0, 0.05) is 8.07 Å². The molecular weight excluding hydrogens is 274 g/mol. The molecule has 0 saturated carbocycles. The Labute approximate surface area is 126 Å². The lowest BCUT2D eigenvalue weighted by molar-refractivity contribution is 0.669. The molecule has 0 saturated heterocycles. The molecule has 0 N–H and O–H groups in total. The molecular formula is C17H21N3Si. The van der Waals surface area contributed by atoms with Crippen molar-refractivity contribution in [1.29, 1.82) is 0 Å². The second-order valence-corrected chi connectivity index (χ2v) is 12.3. The van der Waals surface area contributed by atoms with Crippen LogP contribution in [-0.2, 0) is 12.6 Å². The van der Waals surface area contributed by atoms with E-state index in [0.29, 0.717) is 0 Å². The number of nitrogens with zero attached hydrogens (tertiary/aromatic N) is 3. The third-order valence-electron chi connectivity index (χ3n) is 3.51. The minimum Gasteiger partial charge on any atom is -0.240 e. The van der Waals surface area contributed by atoms with Crippen LogP contribution in [0.25, 0.3) is 11.0 Å². The van der Waals surface area contributed by atoms with Crippen molar-refractivity contribution >= 4 is 19.1 Å². The minimum absolute atomic E-state index is 0.772. The summed E-state index contributed by atoms with van der Waals surface area (Å²) in [5.74, 6) is 0. The molecule has 0 unspecified atom stereocenters. The first-order valence-corrected chi connectivity index (χ1v) is 11.1. The molecule has 1 aromatic heterocycles. The van der Waals surface area contributed by atoms with Crippen LogP contribution in [0.15, 0.2) is 48.5 Å². The lowest BCUT2D eigenvalue weighted by Crippen LogP contribution is -2.23. The Morgan fingerprint density at radius 2 is 1.57 bits per heavy atom. The van der Waals surface area contributed by atoms with Gasteiger partial charge in [0.05, 0.1) is 12.1 Å². The topological polar surface area (TPSA) is 30.7 Å². The average molecular weight is 295 g/mol. The SMILES string of the molecule is C[Si](C)(C)Cc1ccc(Cn2nnc3ccccc32)cc1. The standard InChI is InChI=1S/C17H21N3Si/c1-21(2,3)13-15-10-8-14(9-11-15)12-20-17-7-5-4-6-16(17)18-19-20/h4-11H,12-13H2,1-3H3. The molecule has 0 amide bonds. The fraction of sp³-hybridized carbons (Fsp3) is 0.294. The van der Waals surface area contributed by atoms with Gasteiger partial charge in [-0.15, -0.1) is 5.10 Å². The van der Waals surface area contributed by atoms with Gasteiger partial charge in [0.1, 0.15) is 5.52 Å². The number of hydrogen-bond acceptors (Lipinski definition) is 2. The predicted octanol–water partition coefficient (Wildman–Crippen LogP) is 3.90. The van der Waals surface area contributed by atoms with E-state index >= 15 is 0 Å². The number of benzene rings is 2. The number of hydrogen-bond donors (Lipinski definition) is 0. The summed E-state index contributed by atoms with van der Waals surface area (Å²) in [5.41, 5.74) is 4.75. The predicted molar refractivity (Wildman–Crippen MR) is 90.1 cm³/mol. The highest BCUT2D eigenvalue weighted by Gasteiger charge is 2.13. The van der Waals surface area contributed by atoms with Gasteiger partial charge in [0.2, 0.25) is 0 Å². The Kier molecular flexibility index (Phi) is 3.63. The van der Waals surface area contributed by atoms with Crippen LogP contribution < -0.4 is 0 Å². The zero-order valence-corrected chi connectivity index (χ0v) is 13.9. The normalized spacial score (nSPS) is 12.0. The van der Waals surface area contributed by atoms with Gasteiger partial charge in [0.25, 0.3) is 0 Å². The molecule has 0 fully saturated rings. The molecule has 108 valence electrons. The van der Waals surface area contributed by atoms with Gasteiger partial charge in [-0.05, 0) is 23.7 Å². The van der Waals surface area contributed by atoms with Crippen molar-refractivity contribution in [3.8, 4) is 0 Å². The highest BCUT2D eigenvalue weighted by Crippen LogP contribution is 2.15. The first-order valence-electron chi connectivity index (χ1n) is 7.37. The van der Waals surface area contributed by atoms with Crippen molar-refractivity contribution < 1.29 is 0 Å². The Morgan fingerprint density at radius 3 is 2.29 bits per heavy atom. The zero-order chi connectivity index (χ0) is 14.9. The van der Waals surface area contributed by atoms with E-state index in [0.717, 1.165) is 17.6 Å². The fourth-order valence-corrected chi connectivity index (χ4v) is 4.04. The van der Waals surface area contributed by atoms with E-state index in [2.05, 4.69) is 60.3 Å². The molecule has 21 heavy (non-hydrogen) atoms. The molecule has 3 rings (SSSR count). The number of para-hydroxylation sites is 1. The molecule has 0 radical (unpaired) electrons. The monoisotopic (exact) mass is 295 g/mol. The number of fused-ring (bicyclic) bond motifs is 1. The second-order valence-electron chi connectivity index (χ2n) is 6.79. The summed E-state index contributed by atoms with van der Waals surface area (Å²) in [7, 11) is -1.04. The maximum absolute atomic E-state index is 4.25. The third-order valence-corrected chi connectivity index (χ3v) is 4.98. The number of rotatable bonds is 4. The summed E-state index contributed by atoms with van der Waals surface area (Å²) in [5, 5.41) is 8.45. The van der Waals surface area contributed by atoms with Gasteiger partial charge in [-0.25, -0.2) is 4.68 Å². The molecule has 0 aliphatic carbocycles. The van der Waals surface area contributed by atoms with Crippen molar-refractivity contribution in [2.45, 2.75) is 32.2 Å². The van der Waals surface area contributed by atoms with Crippen LogP contribution in [0.5, 0.6) is 0 Å². The quantitative estimate of drug-likeness (QED) is 0.683. The van der Waals surface area contributed by atoms with Crippen LogP contribution in [0.4, 0.5) is 0 Å². The fourth-order valence-electron chi connectivity index (χ4n) is 2.58. The third kappa shape index (κ3) is 3.39. The second kappa shape index (κ2) is 5.45. The molecule has 4 heteroatoms. The molecule has 3 nitrogen and oxygen atoms in total. The van der Waals surface area contributed by atoms with E-state index < -0.39 is 8.07 Å². The summed E-state index contributed by atoms with van der Waals surface area (Å²) < 4.78 is 1.96. The molecule has 1 heterocycles. The van der Waals surface area contributed by atoms with Gasteiger partial charge in [-0.1, -0.05) is 66.8 Å². The van der Waals surface area contributed by atoms with E-state index in [1.54, 1.807) is 0 Å². The van der Waals surface area contributed by atoms with Crippen LogP contribution in [0.3, 0.4) is 0 Å². The van der Waals surface area contributed by atoms with Gasteiger partial charge in [-0.3, -0.25) is 0 Å². The van der Waals surface area contributed by atoms with Crippen LogP contribution >= 0.6 is 0 Å². The summed E-state index contributed by atoms with van der Waals surface area (Å²) in [6.45, 7) is 7.99. The van der Waals surface area contributed by atoms with Gasteiger partial charge in [0.15, 0.2) is 0 Å². The Morgan fingerprint density at radius 1 is 0.905 bits per heavy atom. The number of aromatic nitrogens is 3. The smallest absolute Gasteiger partial charge is 0.113 e. The average Bonchev–Trinajstić information content (AvgIpc) is 2.83. The molecule has 0 spiro atoms. The van der Waals surface area contributed by atoms with E-state index in [-0.39, 0.29) is 0 Å². The van der Waals surface area contributed by atoms with Crippen molar-refractivity contribution in [1.82, 2.24) is 15.0 Å². The lowest BCUT2D eigenvalue weighted by atomic mass is 10.1. The lowest BCUT2D eigenvalue weighted by Gasteiger charge is -2.15. The molecule has 0 atom stereocenters. The van der Waals surface area contributed by atoms with Crippen LogP contribution in [-0.4, -0.2) is 23.1 Å². The minimum atomic E-state index is -1.04. The molecule has 0 aliphatic heterocycles. The summed E-state index contributed by atoms with van der Waals surface area (Å²) in [6, 6.07) is 18.3. The van der Waals surface area contributed by atoms with Crippen molar-refractivity contribution in [2.75, 3.05) is 0 Å². The molecule has 0 bridgehead atoms. The van der Waals surface area contributed by atoms with Crippen molar-refractivity contribution in [2.24, 2.45) is 0 Å². The summed E-state index contributed by atoms with van der Waals surface area (Å²) in [6.07, 6.45) is 0. The van der Waals surface area contributed by atoms with E-state index in [1.165, 1.54) is 17.2 Å². The first kappa shape index (κ1) is 14.0. The van der Waals surface area contributed by atoms with Crippen LogP contribution in [0.1, 0.15) is 11.1 Å². The summed E-state index contributed by atoms with van der Waals surface area (Å²) >= 11 is 0. The first-order chi connectivity index (χ1) is 10.0. The van der Waals surface area contributed by atoms with Crippen molar-refractivity contribution in [3.05, 3.63) is 59.7 Å². The van der Waals surface area contributed by atoms with Crippen LogP contribution in [0, 0.1) is 0 Å². The maximum atomic E-state index is 4.25. The summed E-state index contributed by atoms with van der Waals surface area (Å²) in [4.78, 5) is 0. The van der Waals surface area contributed by atoms with E-state index in [9.17, 15) is 0 Å².